The van der Waals surface area contributed by atoms with Crippen LogP contribution in [0.5, 0.6) is 0 Å². The van der Waals surface area contributed by atoms with Crippen molar-refractivity contribution in [2.45, 2.75) is 31.1 Å². The Bertz CT molecular complexity index is 1010. The number of hydrogen-bond donors (Lipinski definition) is 1. The molecule has 29 heavy (non-hydrogen) atoms. The number of hydrogen-bond acceptors (Lipinski definition) is 7. The Labute approximate surface area is 176 Å². The van der Waals surface area contributed by atoms with Crippen LogP contribution >= 0.6 is 22.7 Å². The lowest BCUT2D eigenvalue weighted by Gasteiger charge is -2.33. The van der Waals surface area contributed by atoms with Crippen LogP contribution in [0.2, 0.25) is 0 Å². The van der Waals surface area contributed by atoms with E-state index >= 15 is 0 Å². The Morgan fingerprint density at radius 3 is 2.03 bits per heavy atom. The molecule has 0 radical (unpaired) electrons. The van der Waals surface area contributed by atoms with Crippen molar-refractivity contribution in [3.8, 4) is 0 Å². The molecule has 0 aromatic carbocycles. The van der Waals surface area contributed by atoms with Crippen molar-refractivity contribution in [3.63, 3.8) is 0 Å². The minimum absolute atomic E-state index is 0.192. The lowest BCUT2D eigenvalue weighted by Crippen LogP contribution is -2.53. The van der Waals surface area contributed by atoms with Gasteiger partial charge in [0, 0.05) is 40.7 Å². The molecule has 0 bridgehead atoms. The SMILES string of the molecule is O=C([OH2+])C1(c2ccc(N3CCCC3)s2)C(=O)C(c2ccc(N3CCCC3)s2)=C1O. The summed E-state index contributed by atoms with van der Waals surface area (Å²) < 4.78 is 0. The second kappa shape index (κ2) is 6.88. The van der Waals surface area contributed by atoms with E-state index in [-0.39, 0.29) is 11.3 Å². The third-order valence-electron chi connectivity index (χ3n) is 6.14. The number of carbonyl (C=O) groups is 2. The van der Waals surface area contributed by atoms with Crippen LogP contribution in [0.15, 0.2) is 30.0 Å². The minimum atomic E-state index is -1.85. The van der Waals surface area contributed by atoms with Gasteiger partial charge in [-0.15, -0.1) is 22.7 Å². The van der Waals surface area contributed by atoms with Crippen molar-refractivity contribution in [1.29, 1.82) is 0 Å². The maximum atomic E-state index is 13.2. The van der Waals surface area contributed by atoms with Crippen molar-refractivity contribution < 1.29 is 19.8 Å². The number of ketones is 1. The fraction of sp³-hybridized carbons (Fsp3) is 0.429. The van der Waals surface area contributed by atoms with Crippen LogP contribution in [-0.4, -0.2) is 48.1 Å². The summed E-state index contributed by atoms with van der Waals surface area (Å²) in [7, 11) is 0. The number of rotatable bonds is 5. The molecule has 4 heterocycles. The largest absolute Gasteiger partial charge is 0.563 e. The molecule has 6 nitrogen and oxygen atoms in total. The predicted molar refractivity (Wildman–Crippen MR) is 116 cm³/mol. The summed E-state index contributed by atoms with van der Waals surface area (Å²) in [6, 6.07) is 7.42. The van der Waals surface area contributed by atoms with Gasteiger partial charge in [0.05, 0.1) is 15.6 Å². The quantitative estimate of drug-likeness (QED) is 0.581. The Hall–Kier alpha value is -2.32. The van der Waals surface area contributed by atoms with E-state index < -0.39 is 17.2 Å². The van der Waals surface area contributed by atoms with Crippen LogP contribution in [0, 0.1) is 0 Å². The fourth-order valence-corrected chi connectivity index (χ4v) is 6.86. The molecule has 5 rings (SSSR count). The molecule has 0 amide bonds. The van der Waals surface area contributed by atoms with Gasteiger partial charge in [-0.2, -0.15) is 0 Å². The van der Waals surface area contributed by atoms with Crippen molar-refractivity contribution in [2.24, 2.45) is 0 Å². The number of aliphatic hydroxyl groups excluding tert-OH is 1. The van der Waals surface area contributed by atoms with E-state index in [1.807, 2.05) is 18.2 Å². The smallest absolute Gasteiger partial charge is 0.543 e. The van der Waals surface area contributed by atoms with E-state index in [1.54, 1.807) is 6.07 Å². The van der Waals surface area contributed by atoms with Crippen molar-refractivity contribution in [3.05, 3.63) is 39.8 Å². The fourth-order valence-electron chi connectivity index (χ4n) is 4.51. The molecule has 0 saturated carbocycles. The lowest BCUT2D eigenvalue weighted by molar-refractivity contribution is -0.148. The molecular weight excluding hydrogens is 408 g/mol. The van der Waals surface area contributed by atoms with E-state index in [4.69, 9.17) is 5.11 Å². The Kier molecular flexibility index (Phi) is 4.43. The van der Waals surface area contributed by atoms with E-state index in [0.29, 0.717) is 9.75 Å². The lowest BCUT2D eigenvalue weighted by atomic mass is 9.66. The molecule has 3 N–H and O–H groups in total. The number of Topliss-reactive ketones (excluding diaryl/α,β-unsaturated/α-hetero) is 1. The van der Waals surface area contributed by atoms with Gasteiger partial charge in [-0.05, 0) is 49.9 Å². The number of anilines is 2. The van der Waals surface area contributed by atoms with Gasteiger partial charge in [-0.1, -0.05) is 0 Å². The van der Waals surface area contributed by atoms with Gasteiger partial charge in [0.15, 0.2) is 0 Å². The Balaban J connectivity index is 1.51. The summed E-state index contributed by atoms with van der Waals surface area (Å²) >= 11 is 2.80. The Morgan fingerprint density at radius 2 is 1.48 bits per heavy atom. The topological polar surface area (TPSA) is 83.8 Å². The zero-order valence-electron chi connectivity index (χ0n) is 15.9. The van der Waals surface area contributed by atoms with Crippen LogP contribution < -0.4 is 9.80 Å². The number of nitrogens with zero attached hydrogens (tertiary/aromatic N) is 2. The first-order valence-electron chi connectivity index (χ1n) is 9.98. The monoisotopic (exact) mass is 431 g/mol. The summed E-state index contributed by atoms with van der Waals surface area (Å²) in [5.74, 6) is -1.79. The van der Waals surface area contributed by atoms with Crippen LogP contribution in [0.1, 0.15) is 35.4 Å². The number of aliphatic hydroxyl groups is 1. The molecule has 2 aliphatic heterocycles. The molecule has 8 heteroatoms. The molecular formula is C21H23N2O4S2+. The summed E-state index contributed by atoms with van der Waals surface area (Å²) in [5.41, 5.74) is -1.66. The van der Waals surface area contributed by atoms with E-state index in [0.717, 1.165) is 61.9 Å². The van der Waals surface area contributed by atoms with Crippen molar-refractivity contribution >= 4 is 50.0 Å². The van der Waals surface area contributed by atoms with Crippen molar-refractivity contribution in [1.82, 2.24) is 0 Å². The third-order valence-corrected chi connectivity index (χ3v) is 8.56. The molecule has 2 fully saturated rings. The molecule has 2 saturated heterocycles. The first-order chi connectivity index (χ1) is 14.0. The Morgan fingerprint density at radius 1 is 0.931 bits per heavy atom. The standard InChI is InChI=1S/C21H22N2O4S2/c24-18-17(13-5-7-15(28-13)22-9-1-2-10-22)19(25)21(18,20(26)27)14-6-8-16(29-14)23-11-3-4-12-23/h5-8,24H,1-4,9-12H2,(H,26,27)/p+1. The van der Waals surface area contributed by atoms with E-state index in [1.165, 1.54) is 22.7 Å². The van der Waals surface area contributed by atoms with Gasteiger partial charge in [0.1, 0.15) is 5.76 Å². The molecule has 1 unspecified atom stereocenters. The van der Waals surface area contributed by atoms with Crippen LogP contribution in [-0.2, 0) is 15.0 Å². The van der Waals surface area contributed by atoms with Gasteiger partial charge in [-0.25, -0.2) is 0 Å². The highest BCUT2D eigenvalue weighted by Crippen LogP contribution is 2.53. The molecule has 2 aromatic rings. The summed E-state index contributed by atoms with van der Waals surface area (Å²) in [4.78, 5) is 31.2. The molecule has 0 spiro atoms. The average molecular weight is 432 g/mol. The first-order valence-corrected chi connectivity index (χ1v) is 11.6. The average Bonchev–Trinajstić information content (AvgIpc) is 3.47. The molecule has 3 aliphatic rings. The predicted octanol–water partition coefficient (Wildman–Crippen LogP) is 3.05. The number of allylic oxidation sites excluding steroid dienone is 1. The molecule has 1 aliphatic carbocycles. The minimum Gasteiger partial charge on any atom is -0.563 e. The van der Waals surface area contributed by atoms with Gasteiger partial charge in [-0.3, -0.25) is 4.79 Å². The summed E-state index contributed by atoms with van der Waals surface area (Å²) in [5, 5.41) is 20.8. The number of carbonyl (C=O) groups excluding carboxylic acids is 2. The second-order valence-electron chi connectivity index (χ2n) is 7.80. The highest BCUT2D eigenvalue weighted by atomic mass is 32.1. The van der Waals surface area contributed by atoms with E-state index in [2.05, 4.69) is 9.80 Å². The van der Waals surface area contributed by atoms with E-state index in [9.17, 15) is 14.7 Å². The molecule has 2 aromatic heterocycles. The summed E-state index contributed by atoms with van der Waals surface area (Å²) in [6.07, 6.45) is 4.58. The van der Waals surface area contributed by atoms with Gasteiger partial charge < -0.3 is 20.0 Å². The van der Waals surface area contributed by atoms with Gasteiger partial charge in [0.25, 0.3) is 5.41 Å². The molecule has 152 valence electrons. The first kappa shape index (κ1) is 18.7. The van der Waals surface area contributed by atoms with Crippen LogP contribution in [0.25, 0.3) is 5.57 Å². The third kappa shape index (κ3) is 2.65. The molecule has 1 atom stereocenters. The maximum absolute atomic E-state index is 13.2. The highest BCUT2D eigenvalue weighted by Gasteiger charge is 2.68. The second-order valence-corrected chi connectivity index (χ2v) is 9.92. The zero-order valence-corrected chi connectivity index (χ0v) is 17.6. The normalized spacial score (nSPS) is 24.5. The number of thiophene rings is 2. The van der Waals surface area contributed by atoms with Gasteiger partial charge >= 0.3 is 5.97 Å². The maximum Gasteiger partial charge on any atom is 0.543 e. The van der Waals surface area contributed by atoms with Crippen LogP contribution in [0.4, 0.5) is 10.0 Å². The van der Waals surface area contributed by atoms with Gasteiger partial charge in [0.2, 0.25) is 5.78 Å². The summed E-state index contributed by atoms with van der Waals surface area (Å²) in [6.45, 7) is 3.92. The van der Waals surface area contributed by atoms with Crippen molar-refractivity contribution in [2.75, 3.05) is 36.0 Å². The van der Waals surface area contributed by atoms with Crippen LogP contribution in [0.3, 0.4) is 0 Å². The zero-order chi connectivity index (χ0) is 20.2. The highest BCUT2D eigenvalue weighted by molar-refractivity contribution is 7.18.